The van der Waals surface area contributed by atoms with Crippen LogP contribution in [0, 0.1) is 82.5 Å². The molecule has 3 unspecified atom stereocenters. The zero-order valence-corrected chi connectivity index (χ0v) is 26.2. The van der Waals surface area contributed by atoms with Gasteiger partial charge in [-0.3, -0.25) is 0 Å². The molecule has 0 amide bonds. The van der Waals surface area contributed by atoms with E-state index in [0.717, 1.165) is 47.3 Å². The summed E-state index contributed by atoms with van der Waals surface area (Å²) in [6, 6.07) is 0. The van der Waals surface area contributed by atoms with E-state index < -0.39 is 0 Å². The first-order chi connectivity index (χ1) is 11.1. The van der Waals surface area contributed by atoms with E-state index >= 15 is 0 Å². The van der Waals surface area contributed by atoms with Crippen molar-refractivity contribution in [1.82, 2.24) is 0 Å². The van der Waals surface area contributed by atoms with E-state index in [1.165, 1.54) is 25.7 Å². The molecule has 3 aliphatic rings. The van der Waals surface area contributed by atoms with Crippen molar-refractivity contribution in [2.24, 2.45) is 52.8 Å². The first-order valence-corrected chi connectivity index (χ1v) is 11.1. The molecule has 3 saturated carbocycles. The summed E-state index contributed by atoms with van der Waals surface area (Å²) in [5.41, 5.74) is 0.553. The molecule has 0 aromatic carbocycles. The Morgan fingerprint density at radius 1 is 0.600 bits per heavy atom. The molecule has 1 heteroatoms. The molecule has 0 radical (unpaired) electrons. The summed E-state index contributed by atoms with van der Waals surface area (Å²) in [7, 11) is 0. The van der Waals surface area contributed by atoms with Crippen LogP contribution in [0.15, 0.2) is 0 Å². The fraction of sp³-hybridized carbons (Fsp3) is 0.862. The van der Waals surface area contributed by atoms with E-state index in [9.17, 15) is 0 Å². The molecule has 0 nitrogen and oxygen atoms in total. The van der Waals surface area contributed by atoms with Gasteiger partial charge in [0.25, 0.3) is 0 Å². The molecule has 3 rings (SSSR count). The van der Waals surface area contributed by atoms with Gasteiger partial charge in [0, 0.05) is 0 Å². The zero-order valence-electron chi connectivity index (χ0n) is 22.6. The number of fused-ring (bicyclic) bond motifs is 1. The van der Waals surface area contributed by atoms with Crippen LogP contribution in [0.25, 0.3) is 0 Å². The third-order valence-corrected chi connectivity index (χ3v) is 8.50. The Balaban J connectivity index is -0.000000120. The topological polar surface area (TPSA) is 0 Å². The van der Waals surface area contributed by atoms with Crippen LogP contribution >= 0.6 is 0 Å². The van der Waals surface area contributed by atoms with Gasteiger partial charge in [-0.25, -0.2) is 0 Å². The van der Waals surface area contributed by atoms with Crippen LogP contribution in [0.4, 0.5) is 0 Å². The first-order valence-electron chi connectivity index (χ1n) is 11.1. The number of rotatable bonds is 1. The van der Waals surface area contributed by atoms with E-state index in [0.29, 0.717) is 5.41 Å². The summed E-state index contributed by atoms with van der Waals surface area (Å²) in [6.45, 7) is 19.2. The average Bonchev–Trinajstić information content (AvgIpc) is 2.99. The van der Waals surface area contributed by atoms with Crippen LogP contribution in [0.1, 0.15) is 108 Å². The molecule has 0 aliphatic heterocycles. The standard InChI is InChI=1S/C14H26.C10H20.CH4.4CH3.Hf/c1-14(2,3)10-12-9-8-11-6-4-5-7-13(11)12;1-6-7(2)9(4)10(5)8(6)3;;;;;;/h11-13H,4-10H2,1-3H3;6-10H,1-5H3;1H4;4*1H3;/q;;;4*-1;+4. The van der Waals surface area contributed by atoms with Crippen molar-refractivity contribution < 1.29 is 25.8 Å². The maximum absolute atomic E-state index is 2.41. The van der Waals surface area contributed by atoms with E-state index in [-0.39, 0.29) is 63.0 Å². The van der Waals surface area contributed by atoms with E-state index in [1.807, 2.05) is 0 Å². The molecule has 30 heavy (non-hydrogen) atoms. The van der Waals surface area contributed by atoms with Crippen molar-refractivity contribution in [3.8, 4) is 0 Å². The molecular formula is C29H62Hf. The Labute approximate surface area is 215 Å². The number of hydrogen-bond acceptors (Lipinski definition) is 0. The Hall–Kier alpha value is 0.870. The van der Waals surface area contributed by atoms with Crippen molar-refractivity contribution in [2.75, 3.05) is 0 Å². The van der Waals surface area contributed by atoms with E-state index in [1.54, 1.807) is 19.3 Å². The summed E-state index contributed by atoms with van der Waals surface area (Å²) in [4.78, 5) is 0. The third kappa shape index (κ3) is 10.7. The van der Waals surface area contributed by atoms with Gasteiger partial charge in [0.05, 0.1) is 0 Å². The summed E-state index contributed by atoms with van der Waals surface area (Å²) in [5.74, 6) is 7.98. The smallest absolute Gasteiger partial charge is 0.358 e. The maximum atomic E-state index is 2.41. The molecule has 0 bridgehead atoms. The maximum Gasteiger partial charge on any atom is 4.00 e. The van der Waals surface area contributed by atoms with Crippen molar-refractivity contribution in [3.63, 3.8) is 0 Å². The van der Waals surface area contributed by atoms with E-state index in [2.05, 4.69) is 55.4 Å². The zero-order chi connectivity index (χ0) is 18.1. The van der Waals surface area contributed by atoms with Crippen molar-refractivity contribution in [2.45, 2.75) is 108 Å². The minimum atomic E-state index is 0. The van der Waals surface area contributed by atoms with Gasteiger partial charge in [-0.2, -0.15) is 0 Å². The van der Waals surface area contributed by atoms with Crippen LogP contribution < -0.4 is 0 Å². The SMILES string of the molecule is C.CC(C)(C)CC1CCC2CCCCC21.CC1C(C)C(C)C(C)C1C.[CH3-].[CH3-].[CH3-].[CH3-].[Hf+4]. The quantitative estimate of drug-likeness (QED) is 0.211. The summed E-state index contributed by atoms with van der Waals surface area (Å²) in [5, 5.41) is 0. The van der Waals surface area contributed by atoms with Crippen LogP contribution in [0.5, 0.6) is 0 Å². The fourth-order valence-corrected chi connectivity index (χ4v) is 6.29. The molecule has 0 N–H and O–H groups in total. The van der Waals surface area contributed by atoms with Gasteiger partial charge >= 0.3 is 25.8 Å². The van der Waals surface area contributed by atoms with Crippen LogP contribution in [0.3, 0.4) is 0 Å². The second-order valence-corrected chi connectivity index (χ2v) is 11.1. The average molecular weight is 589 g/mol. The van der Waals surface area contributed by atoms with E-state index in [4.69, 9.17) is 0 Å². The molecule has 182 valence electrons. The molecule has 3 fully saturated rings. The van der Waals surface area contributed by atoms with Crippen molar-refractivity contribution in [3.05, 3.63) is 29.7 Å². The minimum absolute atomic E-state index is 0. The predicted octanol–water partition coefficient (Wildman–Crippen LogP) is 10.3. The van der Waals surface area contributed by atoms with Gasteiger partial charge < -0.3 is 29.7 Å². The normalized spacial score (nSPS) is 36.4. The molecular weight excluding hydrogens is 527 g/mol. The Morgan fingerprint density at radius 2 is 0.967 bits per heavy atom. The van der Waals surface area contributed by atoms with Gasteiger partial charge in [-0.05, 0) is 78.4 Å². The summed E-state index contributed by atoms with van der Waals surface area (Å²) >= 11 is 0. The van der Waals surface area contributed by atoms with Gasteiger partial charge in [-0.15, -0.1) is 0 Å². The number of hydrogen-bond donors (Lipinski definition) is 0. The van der Waals surface area contributed by atoms with Gasteiger partial charge in [0.1, 0.15) is 0 Å². The Bertz CT molecular complexity index is 337. The van der Waals surface area contributed by atoms with Gasteiger partial charge in [0.2, 0.25) is 0 Å². The summed E-state index contributed by atoms with van der Waals surface area (Å²) < 4.78 is 0. The molecule has 0 saturated heterocycles. The van der Waals surface area contributed by atoms with Gasteiger partial charge in [-0.1, -0.05) is 82.1 Å². The third-order valence-electron chi connectivity index (χ3n) is 8.50. The van der Waals surface area contributed by atoms with Crippen molar-refractivity contribution in [1.29, 1.82) is 0 Å². The minimum Gasteiger partial charge on any atom is -0.358 e. The second-order valence-electron chi connectivity index (χ2n) is 11.1. The first kappa shape index (κ1) is 41.2. The second kappa shape index (κ2) is 17.4. The predicted molar refractivity (Wildman–Crippen MR) is 140 cm³/mol. The summed E-state index contributed by atoms with van der Waals surface area (Å²) in [6.07, 6.45) is 10.7. The Kier molecular flexibility index (Phi) is 23.8. The fourth-order valence-electron chi connectivity index (χ4n) is 6.29. The molecule has 0 aromatic heterocycles. The van der Waals surface area contributed by atoms with Crippen LogP contribution in [-0.4, -0.2) is 0 Å². The molecule has 3 aliphatic carbocycles. The molecule has 0 aromatic rings. The van der Waals surface area contributed by atoms with Gasteiger partial charge in [0.15, 0.2) is 0 Å². The Morgan fingerprint density at radius 3 is 1.33 bits per heavy atom. The van der Waals surface area contributed by atoms with Crippen LogP contribution in [0.2, 0.25) is 0 Å². The van der Waals surface area contributed by atoms with Crippen LogP contribution in [-0.2, 0) is 25.8 Å². The molecule has 0 heterocycles. The largest absolute Gasteiger partial charge is 4.00 e. The molecule has 0 spiro atoms. The monoisotopic (exact) mass is 590 g/mol. The molecule has 3 atom stereocenters. The van der Waals surface area contributed by atoms with Crippen molar-refractivity contribution >= 4 is 0 Å².